The van der Waals surface area contributed by atoms with Crippen LogP contribution in [0.4, 0.5) is 4.39 Å². The van der Waals surface area contributed by atoms with Crippen LogP contribution in [0.15, 0.2) is 24.3 Å². The summed E-state index contributed by atoms with van der Waals surface area (Å²) >= 11 is 0. The van der Waals surface area contributed by atoms with Crippen molar-refractivity contribution in [2.24, 2.45) is 5.92 Å². The van der Waals surface area contributed by atoms with Gasteiger partial charge in [0.1, 0.15) is 5.82 Å². The molecule has 22 heavy (non-hydrogen) atoms. The molecule has 1 saturated carbocycles. The van der Waals surface area contributed by atoms with Crippen molar-refractivity contribution in [3.63, 3.8) is 0 Å². The van der Waals surface area contributed by atoms with E-state index in [-0.39, 0.29) is 17.8 Å². The molecule has 1 aromatic heterocycles. The number of benzene rings is 1. The van der Waals surface area contributed by atoms with Gasteiger partial charge in [-0.15, -0.1) is 0 Å². The Morgan fingerprint density at radius 1 is 1.41 bits per heavy atom. The topological polar surface area (TPSA) is 51.2 Å². The number of carbonyl (C=O) groups excluding carboxylic acids is 1. The highest BCUT2D eigenvalue weighted by atomic mass is 19.1. The van der Waals surface area contributed by atoms with Crippen molar-refractivity contribution in [3.05, 3.63) is 41.3 Å². The van der Waals surface area contributed by atoms with Gasteiger partial charge in [0.05, 0.1) is 17.2 Å². The maximum absolute atomic E-state index is 13.4. The summed E-state index contributed by atoms with van der Waals surface area (Å²) < 4.78 is 18.9. The highest BCUT2D eigenvalue weighted by molar-refractivity contribution is 6.06. The van der Waals surface area contributed by atoms with Crippen molar-refractivity contribution in [3.8, 4) is 0 Å². The summed E-state index contributed by atoms with van der Waals surface area (Å²) in [5, 5.41) is 3.78. The lowest BCUT2D eigenvalue weighted by molar-refractivity contribution is 0.00812. The molecule has 1 aromatic carbocycles. The first kappa shape index (κ1) is 13.6. The number of rotatable bonds is 2. The average molecular weight is 300 g/mol. The van der Waals surface area contributed by atoms with Gasteiger partial charge in [0.2, 0.25) is 0 Å². The number of pyridine rings is 1. The van der Waals surface area contributed by atoms with Crippen molar-refractivity contribution < 1.29 is 13.9 Å². The number of nitrogens with one attached hydrogen (secondary N) is 1. The van der Waals surface area contributed by atoms with E-state index in [1.165, 1.54) is 12.1 Å². The first-order chi connectivity index (χ1) is 10.6. The maximum Gasteiger partial charge on any atom is 0.252 e. The van der Waals surface area contributed by atoms with Crippen LogP contribution in [0.5, 0.6) is 0 Å². The van der Waals surface area contributed by atoms with Crippen LogP contribution in [0.25, 0.3) is 10.9 Å². The van der Waals surface area contributed by atoms with E-state index in [1.807, 2.05) is 6.92 Å². The molecule has 2 aliphatic rings. The molecule has 4 rings (SSSR count). The first-order valence-electron chi connectivity index (χ1n) is 7.61. The smallest absolute Gasteiger partial charge is 0.252 e. The molecule has 3 atom stereocenters. The molecular weight excluding hydrogens is 283 g/mol. The lowest BCUT2D eigenvalue weighted by Gasteiger charge is -2.39. The van der Waals surface area contributed by atoms with Crippen LogP contribution in [0, 0.1) is 18.7 Å². The van der Waals surface area contributed by atoms with Crippen molar-refractivity contribution >= 4 is 16.8 Å². The van der Waals surface area contributed by atoms with Gasteiger partial charge in [-0.2, -0.15) is 0 Å². The van der Waals surface area contributed by atoms with E-state index in [9.17, 15) is 9.18 Å². The largest absolute Gasteiger partial charge is 0.378 e. The molecule has 2 heterocycles. The molecule has 1 aliphatic heterocycles. The third kappa shape index (κ3) is 2.16. The number of hydrogen-bond donors (Lipinski definition) is 1. The van der Waals surface area contributed by atoms with E-state index < -0.39 is 0 Å². The molecule has 114 valence electrons. The third-order valence-corrected chi connectivity index (χ3v) is 4.72. The maximum atomic E-state index is 13.4. The highest BCUT2D eigenvalue weighted by Crippen LogP contribution is 2.38. The van der Waals surface area contributed by atoms with Crippen LogP contribution in [0.3, 0.4) is 0 Å². The minimum atomic E-state index is -0.345. The van der Waals surface area contributed by atoms with Crippen LogP contribution in [0.1, 0.15) is 28.9 Å². The molecular formula is C17H17FN2O2. The molecule has 5 heteroatoms. The molecule has 1 saturated heterocycles. The van der Waals surface area contributed by atoms with Crippen molar-refractivity contribution in [2.45, 2.75) is 31.9 Å². The Bertz CT molecular complexity index is 756. The fraction of sp³-hybridized carbons (Fsp3) is 0.412. The van der Waals surface area contributed by atoms with Gasteiger partial charge in [-0.05, 0) is 38.0 Å². The fourth-order valence-electron chi connectivity index (χ4n) is 3.53. The van der Waals surface area contributed by atoms with Gasteiger partial charge in [-0.1, -0.05) is 0 Å². The second-order valence-electron chi connectivity index (χ2n) is 6.15. The molecule has 4 nitrogen and oxygen atoms in total. The molecule has 2 fully saturated rings. The van der Waals surface area contributed by atoms with E-state index in [1.54, 1.807) is 12.1 Å². The number of aromatic nitrogens is 1. The Balaban J connectivity index is 1.64. The van der Waals surface area contributed by atoms with E-state index in [0.717, 1.165) is 19.4 Å². The van der Waals surface area contributed by atoms with Crippen LogP contribution in [-0.2, 0) is 4.74 Å². The van der Waals surface area contributed by atoms with Crippen LogP contribution in [-0.4, -0.2) is 29.6 Å². The minimum absolute atomic E-state index is 0.113. The Kier molecular flexibility index (Phi) is 3.11. The van der Waals surface area contributed by atoms with E-state index in [2.05, 4.69) is 10.3 Å². The van der Waals surface area contributed by atoms with Crippen LogP contribution < -0.4 is 5.32 Å². The average Bonchev–Trinajstić information content (AvgIpc) is 2.84. The Labute approximate surface area is 127 Å². The zero-order valence-electron chi connectivity index (χ0n) is 12.3. The summed E-state index contributed by atoms with van der Waals surface area (Å²) in [6, 6.07) is 6.29. The Hall–Kier alpha value is -2.01. The number of aryl methyl sites for hydroxylation is 1. The molecule has 0 bridgehead atoms. The zero-order valence-corrected chi connectivity index (χ0v) is 12.3. The molecule has 1 aliphatic carbocycles. The Morgan fingerprint density at radius 2 is 2.27 bits per heavy atom. The van der Waals surface area contributed by atoms with Gasteiger partial charge < -0.3 is 10.1 Å². The van der Waals surface area contributed by atoms with Crippen LogP contribution >= 0.6 is 0 Å². The van der Waals surface area contributed by atoms with Crippen molar-refractivity contribution in [1.82, 2.24) is 10.3 Å². The SMILES string of the molecule is Cc1cc(C(=O)N[C@@H]2C[C@@H]3OCC[C@@H]32)c2ccc(F)cc2n1. The van der Waals surface area contributed by atoms with Gasteiger partial charge in [0.15, 0.2) is 0 Å². The summed E-state index contributed by atoms with van der Waals surface area (Å²) in [6.45, 7) is 2.60. The first-order valence-corrected chi connectivity index (χ1v) is 7.61. The molecule has 0 radical (unpaired) electrons. The predicted molar refractivity (Wildman–Crippen MR) is 80.2 cm³/mol. The summed E-state index contributed by atoms with van der Waals surface area (Å²) in [7, 11) is 0. The van der Waals surface area contributed by atoms with Crippen molar-refractivity contribution in [2.75, 3.05) is 6.61 Å². The minimum Gasteiger partial charge on any atom is -0.378 e. The van der Waals surface area contributed by atoms with Gasteiger partial charge >= 0.3 is 0 Å². The second-order valence-corrected chi connectivity index (χ2v) is 6.15. The van der Waals surface area contributed by atoms with E-state index >= 15 is 0 Å². The normalized spacial score (nSPS) is 26.5. The third-order valence-electron chi connectivity index (χ3n) is 4.72. The number of carbonyl (C=O) groups is 1. The molecule has 1 N–H and O–H groups in total. The summed E-state index contributed by atoms with van der Waals surface area (Å²) in [4.78, 5) is 16.9. The van der Waals surface area contributed by atoms with Gasteiger partial charge in [0, 0.05) is 35.7 Å². The summed E-state index contributed by atoms with van der Waals surface area (Å²) in [5.41, 5.74) is 1.78. The monoisotopic (exact) mass is 300 g/mol. The van der Waals surface area contributed by atoms with Gasteiger partial charge in [-0.3, -0.25) is 9.78 Å². The molecule has 1 amide bonds. The fourth-order valence-corrected chi connectivity index (χ4v) is 3.53. The molecule has 2 aromatic rings. The lowest BCUT2D eigenvalue weighted by Crippen LogP contribution is -2.53. The summed E-state index contributed by atoms with van der Waals surface area (Å²) in [5.74, 6) is -0.0186. The van der Waals surface area contributed by atoms with Crippen molar-refractivity contribution in [1.29, 1.82) is 0 Å². The zero-order chi connectivity index (χ0) is 15.3. The van der Waals surface area contributed by atoms with Crippen LogP contribution in [0.2, 0.25) is 0 Å². The number of fused-ring (bicyclic) bond motifs is 2. The highest BCUT2D eigenvalue weighted by Gasteiger charge is 2.45. The summed E-state index contributed by atoms with van der Waals surface area (Å²) in [6.07, 6.45) is 2.21. The molecule has 0 unspecified atom stereocenters. The predicted octanol–water partition coefficient (Wildman–Crippen LogP) is 2.59. The second kappa shape index (κ2) is 5.02. The number of halogens is 1. The lowest BCUT2D eigenvalue weighted by atomic mass is 9.76. The van der Waals surface area contributed by atoms with E-state index in [0.29, 0.717) is 34.2 Å². The number of amides is 1. The number of ether oxygens (including phenoxy) is 1. The number of hydrogen-bond acceptors (Lipinski definition) is 3. The number of nitrogens with zero attached hydrogens (tertiary/aromatic N) is 1. The van der Waals surface area contributed by atoms with Gasteiger partial charge in [0.25, 0.3) is 5.91 Å². The standard InChI is InChI=1S/C17H17FN2O2/c1-9-6-13(11-3-2-10(18)7-14(11)19-9)17(21)20-15-8-16-12(15)4-5-22-16/h2-3,6-7,12,15-16H,4-5,8H2,1H3,(H,20,21)/t12-,15-,16+/m1/s1. The van der Waals surface area contributed by atoms with E-state index in [4.69, 9.17) is 4.74 Å². The van der Waals surface area contributed by atoms with Gasteiger partial charge in [-0.25, -0.2) is 4.39 Å². The molecule has 0 spiro atoms. The quantitative estimate of drug-likeness (QED) is 0.927. The Morgan fingerprint density at radius 3 is 3.09 bits per heavy atom.